The molecule has 2 N–H and O–H groups in total. The molecule has 3 rings (SSSR count). The molecule has 0 saturated carbocycles. The average Bonchev–Trinajstić information content (AvgIpc) is 2.87. The van der Waals surface area contributed by atoms with E-state index in [1.54, 1.807) is 10.6 Å². The predicted octanol–water partition coefficient (Wildman–Crippen LogP) is 1.81. The molecule has 0 spiro atoms. The minimum absolute atomic E-state index is 0.0968. The normalized spacial score (nSPS) is 10.7. The number of amides is 1. The Hall–Kier alpha value is -2.82. The van der Waals surface area contributed by atoms with E-state index in [1.165, 1.54) is 0 Å². The second-order valence-corrected chi connectivity index (χ2v) is 4.98. The first-order valence-electron chi connectivity index (χ1n) is 6.65. The molecule has 0 unspecified atom stereocenters. The molecule has 0 atom stereocenters. The minimum atomic E-state index is -0.184. The minimum Gasteiger partial charge on any atom is -0.505 e. The van der Waals surface area contributed by atoms with Crippen molar-refractivity contribution in [2.45, 2.75) is 6.54 Å². The Labute approximate surface area is 122 Å². The first kappa shape index (κ1) is 13.2. The fraction of sp³-hybridized carbons (Fsp3) is 0.125. The van der Waals surface area contributed by atoms with Gasteiger partial charge in [-0.15, -0.1) is 0 Å². The maximum Gasteiger partial charge on any atom is 0.266 e. The van der Waals surface area contributed by atoms with Crippen LogP contribution in [0.1, 0.15) is 0 Å². The third-order valence-corrected chi connectivity index (χ3v) is 3.32. The van der Waals surface area contributed by atoms with Crippen LogP contribution in [0.2, 0.25) is 0 Å². The second kappa shape index (κ2) is 5.28. The van der Waals surface area contributed by atoms with Gasteiger partial charge in [0.2, 0.25) is 6.33 Å². The lowest BCUT2D eigenvalue weighted by Crippen LogP contribution is -2.25. The lowest BCUT2D eigenvalue weighted by atomic mass is 10.1. The number of anilines is 1. The van der Waals surface area contributed by atoms with Crippen LogP contribution in [0.25, 0.3) is 10.8 Å². The van der Waals surface area contributed by atoms with Gasteiger partial charge in [-0.2, -0.15) is 0 Å². The van der Waals surface area contributed by atoms with E-state index in [1.807, 2.05) is 60.7 Å². The number of carbonyl (C=O) groups excluding carboxylic acids is 1. The van der Waals surface area contributed by atoms with E-state index in [9.17, 15) is 9.90 Å². The van der Waals surface area contributed by atoms with Crippen LogP contribution < -0.4 is 9.88 Å². The molecule has 0 aliphatic rings. The first-order valence-corrected chi connectivity index (χ1v) is 6.65. The maximum atomic E-state index is 12.0. The highest BCUT2D eigenvalue weighted by molar-refractivity contribution is 5.99. The summed E-state index contributed by atoms with van der Waals surface area (Å²) in [6.45, 7) is 0.201. The van der Waals surface area contributed by atoms with Crippen LogP contribution in [0.4, 0.5) is 5.69 Å². The quantitative estimate of drug-likeness (QED) is 0.568. The molecule has 0 aliphatic heterocycles. The molecule has 5 heteroatoms. The molecule has 2 aromatic carbocycles. The van der Waals surface area contributed by atoms with E-state index in [0.717, 1.165) is 10.8 Å². The van der Waals surface area contributed by atoms with Gasteiger partial charge in [0.25, 0.3) is 5.91 Å². The number of phenolic OH excluding ortho intramolecular Hbond substituents is 1. The first-order chi connectivity index (χ1) is 10.1. The maximum absolute atomic E-state index is 12.0. The molecule has 0 aliphatic carbocycles. The number of aromatic hydroxyl groups is 1. The van der Waals surface area contributed by atoms with Gasteiger partial charge in [-0.05, 0) is 11.5 Å². The fourth-order valence-corrected chi connectivity index (χ4v) is 2.31. The van der Waals surface area contributed by atoms with Gasteiger partial charge in [0, 0.05) is 5.39 Å². The molecule has 0 radical (unpaired) electrons. The summed E-state index contributed by atoms with van der Waals surface area (Å²) in [5, 5.41) is 14.6. The Morgan fingerprint density at radius 3 is 2.86 bits per heavy atom. The van der Waals surface area contributed by atoms with Gasteiger partial charge in [0.15, 0.2) is 6.54 Å². The summed E-state index contributed by atoms with van der Waals surface area (Å²) in [7, 11) is 1.89. The third-order valence-electron chi connectivity index (χ3n) is 3.32. The summed E-state index contributed by atoms with van der Waals surface area (Å²) in [5.74, 6) is -0.0868. The summed E-state index contributed by atoms with van der Waals surface area (Å²) in [4.78, 5) is 12.0. The molecular weight excluding hydrogens is 266 g/mol. The smallest absolute Gasteiger partial charge is 0.266 e. The van der Waals surface area contributed by atoms with Crippen molar-refractivity contribution in [1.29, 1.82) is 0 Å². The number of carbonyl (C=O) groups is 1. The number of phenols is 1. The largest absolute Gasteiger partial charge is 0.505 e. The lowest BCUT2D eigenvalue weighted by molar-refractivity contribution is -0.671. The fourth-order valence-electron chi connectivity index (χ4n) is 2.31. The topological polar surface area (TPSA) is 58.1 Å². The van der Waals surface area contributed by atoms with Gasteiger partial charge in [-0.25, -0.2) is 9.13 Å². The van der Waals surface area contributed by atoms with Crippen molar-refractivity contribution in [3.8, 4) is 5.75 Å². The van der Waals surface area contributed by atoms with Gasteiger partial charge in [-0.3, -0.25) is 4.79 Å². The molecule has 21 heavy (non-hydrogen) atoms. The standard InChI is InChI=1S/C16H15N3O2/c1-18-8-9-19(11-18)10-15(20)17-14-7-6-12-4-2-3-5-13(12)16(14)21/h2-9,11H,10H2,1H3,(H-,17,20,21)/p+1. The highest BCUT2D eigenvalue weighted by atomic mass is 16.3. The SMILES string of the molecule is C[n+]1ccn(CC(=O)Nc2ccc3ccccc3c2O)c1. The van der Waals surface area contributed by atoms with Crippen molar-refractivity contribution < 1.29 is 14.5 Å². The number of hydrogen-bond donors (Lipinski definition) is 2. The number of aromatic nitrogens is 2. The molecular formula is C16H16N3O2+. The van der Waals surface area contributed by atoms with E-state index in [2.05, 4.69) is 5.32 Å². The molecule has 1 amide bonds. The van der Waals surface area contributed by atoms with E-state index < -0.39 is 0 Å². The van der Waals surface area contributed by atoms with Crippen LogP contribution in [0.5, 0.6) is 5.75 Å². The summed E-state index contributed by atoms with van der Waals surface area (Å²) >= 11 is 0. The Balaban J connectivity index is 1.81. The Morgan fingerprint density at radius 1 is 1.29 bits per heavy atom. The zero-order valence-electron chi connectivity index (χ0n) is 11.7. The van der Waals surface area contributed by atoms with Crippen molar-refractivity contribution in [1.82, 2.24) is 4.57 Å². The number of hydrogen-bond acceptors (Lipinski definition) is 2. The van der Waals surface area contributed by atoms with Crippen LogP contribution >= 0.6 is 0 Å². The number of nitrogens with one attached hydrogen (secondary N) is 1. The molecule has 0 fully saturated rings. The summed E-state index contributed by atoms with van der Waals surface area (Å²) in [6, 6.07) is 11.1. The van der Waals surface area contributed by atoms with Crippen LogP contribution in [0, 0.1) is 0 Å². The van der Waals surface area contributed by atoms with Crippen molar-refractivity contribution in [3.63, 3.8) is 0 Å². The summed E-state index contributed by atoms with van der Waals surface area (Å²) < 4.78 is 3.63. The number of nitrogens with zero attached hydrogens (tertiary/aromatic N) is 2. The van der Waals surface area contributed by atoms with Gasteiger partial charge in [-0.1, -0.05) is 30.3 Å². The van der Waals surface area contributed by atoms with Gasteiger partial charge < -0.3 is 10.4 Å². The molecule has 0 bridgehead atoms. The van der Waals surface area contributed by atoms with Crippen molar-refractivity contribution in [2.24, 2.45) is 7.05 Å². The summed E-state index contributed by atoms with van der Waals surface area (Å²) in [6.07, 6.45) is 5.50. The van der Waals surface area contributed by atoms with Crippen LogP contribution in [0.3, 0.4) is 0 Å². The summed E-state index contributed by atoms with van der Waals surface area (Å²) in [5.41, 5.74) is 0.426. The number of aryl methyl sites for hydroxylation is 1. The zero-order valence-corrected chi connectivity index (χ0v) is 11.7. The lowest BCUT2D eigenvalue weighted by Gasteiger charge is -2.08. The Kier molecular flexibility index (Phi) is 3.31. The van der Waals surface area contributed by atoms with Crippen LogP contribution in [-0.4, -0.2) is 15.6 Å². The van der Waals surface area contributed by atoms with E-state index in [0.29, 0.717) is 5.69 Å². The van der Waals surface area contributed by atoms with Gasteiger partial charge >= 0.3 is 0 Å². The molecule has 3 aromatic rings. The third kappa shape index (κ3) is 2.72. The van der Waals surface area contributed by atoms with E-state index in [4.69, 9.17) is 0 Å². The number of imidazole rings is 1. The predicted molar refractivity (Wildman–Crippen MR) is 79.9 cm³/mol. The Morgan fingerprint density at radius 2 is 2.10 bits per heavy atom. The zero-order chi connectivity index (χ0) is 14.8. The highest BCUT2D eigenvalue weighted by Gasteiger charge is 2.12. The van der Waals surface area contributed by atoms with Gasteiger partial charge in [0.1, 0.15) is 18.1 Å². The monoisotopic (exact) mass is 282 g/mol. The van der Waals surface area contributed by atoms with Crippen molar-refractivity contribution in [2.75, 3.05) is 5.32 Å². The molecule has 1 aromatic heterocycles. The number of fused-ring (bicyclic) bond motifs is 1. The van der Waals surface area contributed by atoms with E-state index >= 15 is 0 Å². The second-order valence-electron chi connectivity index (χ2n) is 4.98. The van der Waals surface area contributed by atoms with Crippen molar-refractivity contribution in [3.05, 3.63) is 55.1 Å². The van der Waals surface area contributed by atoms with Crippen LogP contribution in [-0.2, 0) is 18.4 Å². The van der Waals surface area contributed by atoms with Crippen LogP contribution in [0.15, 0.2) is 55.1 Å². The molecule has 1 heterocycles. The molecule has 0 saturated heterocycles. The molecule has 106 valence electrons. The number of benzene rings is 2. The highest BCUT2D eigenvalue weighted by Crippen LogP contribution is 2.32. The van der Waals surface area contributed by atoms with Crippen molar-refractivity contribution >= 4 is 22.4 Å². The average molecular weight is 282 g/mol. The Bertz CT molecular complexity index is 808. The van der Waals surface area contributed by atoms with Gasteiger partial charge in [0.05, 0.1) is 12.7 Å². The number of rotatable bonds is 3. The molecule has 5 nitrogen and oxygen atoms in total. The van der Waals surface area contributed by atoms with E-state index in [-0.39, 0.29) is 18.2 Å².